The molecule has 0 spiro atoms. The lowest BCUT2D eigenvalue weighted by Crippen LogP contribution is -2.24. The van der Waals surface area contributed by atoms with Crippen LogP contribution in [-0.4, -0.2) is 40.1 Å². The molecule has 0 atom stereocenters. The number of amides is 1. The standard InChI is InChI=1S/C18H20N2O5/c1-22-14-9-8-13(17(10-14)24-3)11-19-20-18(21)12-25-16-7-5-4-6-15(16)23-2/h4-11H,12H2,1-3H3,(H,20,21)/b19-11+. The summed E-state index contributed by atoms with van der Waals surface area (Å²) in [6.45, 7) is -0.183. The number of benzene rings is 2. The van der Waals surface area contributed by atoms with Gasteiger partial charge in [0.25, 0.3) is 5.91 Å². The second-order valence-corrected chi connectivity index (χ2v) is 4.84. The third-order valence-electron chi connectivity index (χ3n) is 3.26. The summed E-state index contributed by atoms with van der Waals surface area (Å²) in [6, 6.07) is 12.4. The van der Waals surface area contributed by atoms with Crippen LogP contribution in [0.2, 0.25) is 0 Å². The van der Waals surface area contributed by atoms with Gasteiger partial charge >= 0.3 is 0 Å². The predicted molar refractivity (Wildman–Crippen MR) is 93.8 cm³/mol. The van der Waals surface area contributed by atoms with Gasteiger partial charge in [0.15, 0.2) is 18.1 Å². The van der Waals surface area contributed by atoms with Gasteiger partial charge in [-0.3, -0.25) is 4.79 Å². The second kappa shape index (κ2) is 9.17. The van der Waals surface area contributed by atoms with Crippen molar-refractivity contribution in [3.05, 3.63) is 48.0 Å². The summed E-state index contributed by atoms with van der Waals surface area (Å²) in [7, 11) is 4.66. The van der Waals surface area contributed by atoms with Crippen LogP contribution in [0.1, 0.15) is 5.56 Å². The molecule has 0 aliphatic carbocycles. The fourth-order valence-corrected chi connectivity index (χ4v) is 2.01. The second-order valence-electron chi connectivity index (χ2n) is 4.84. The van der Waals surface area contributed by atoms with Gasteiger partial charge in [-0.1, -0.05) is 12.1 Å². The number of rotatable bonds is 8. The summed E-state index contributed by atoms with van der Waals surface area (Å²) >= 11 is 0. The normalized spacial score (nSPS) is 10.4. The molecule has 7 heteroatoms. The van der Waals surface area contributed by atoms with Crippen molar-refractivity contribution < 1.29 is 23.7 Å². The lowest BCUT2D eigenvalue weighted by Gasteiger charge is -2.09. The molecule has 25 heavy (non-hydrogen) atoms. The molecule has 2 aromatic rings. The first kappa shape index (κ1) is 18.1. The van der Waals surface area contributed by atoms with Gasteiger partial charge in [-0.25, -0.2) is 5.43 Å². The fourth-order valence-electron chi connectivity index (χ4n) is 2.01. The van der Waals surface area contributed by atoms with Crippen molar-refractivity contribution in [1.29, 1.82) is 0 Å². The minimum absolute atomic E-state index is 0.183. The lowest BCUT2D eigenvalue weighted by molar-refractivity contribution is -0.123. The Hall–Kier alpha value is -3.22. The van der Waals surface area contributed by atoms with E-state index in [1.165, 1.54) is 13.3 Å². The first-order valence-corrected chi connectivity index (χ1v) is 7.47. The van der Waals surface area contributed by atoms with Crippen LogP contribution in [0.25, 0.3) is 0 Å². The highest BCUT2D eigenvalue weighted by molar-refractivity contribution is 5.85. The molecular weight excluding hydrogens is 324 g/mol. The van der Waals surface area contributed by atoms with Gasteiger partial charge < -0.3 is 18.9 Å². The van der Waals surface area contributed by atoms with E-state index < -0.39 is 5.91 Å². The fraction of sp³-hybridized carbons (Fsp3) is 0.222. The van der Waals surface area contributed by atoms with E-state index in [0.29, 0.717) is 28.6 Å². The summed E-state index contributed by atoms with van der Waals surface area (Å²) in [5.74, 6) is 1.91. The molecule has 0 bridgehead atoms. The zero-order chi connectivity index (χ0) is 18.1. The number of nitrogens with zero attached hydrogens (tertiary/aromatic N) is 1. The van der Waals surface area contributed by atoms with Gasteiger partial charge in [0, 0.05) is 11.6 Å². The maximum atomic E-state index is 11.8. The van der Waals surface area contributed by atoms with E-state index in [1.807, 2.05) is 6.07 Å². The summed E-state index contributed by atoms with van der Waals surface area (Å²) in [5.41, 5.74) is 3.10. The Bertz CT molecular complexity index is 746. The molecule has 7 nitrogen and oxygen atoms in total. The highest BCUT2D eigenvalue weighted by Gasteiger charge is 2.06. The summed E-state index contributed by atoms with van der Waals surface area (Å²) in [4.78, 5) is 11.8. The SMILES string of the molecule is COc1ccc(/C=N/NC(=O)COc2ccccc2OC)c(OC)c1. The molecule has 0 saturated carbocycles. The van der Waals surface area contributed by atoms with Gasteiger partial charge in [0.2, 0.25) is 0 Å². The molecule has 2 aromatic carbocycles. The number of para-hydroxylation sites is 2. The Labute approximate surface area is 146 Å². The molecule has 0 fully saturated rings. The van der Waals surface area contributed by atoms with Crippen molar-refractivity contribution in [2.75, 3.05) is 27.9 Å². The summed E-state index contributed by atoms with van der Waals surface area (Å²) < 4.78 is 20.9. The number of carbonyl (C=O) groups excluding carboxylic acids is 1. The Morgan fingerprint density at radius 1 is 1.00 bits per heavy atom. The Morgan fingerprint density at radius 3 is 2.40 bits per heavy atom. The number of nitrogens with one attached hydrogen (secondary N) is 1. The Balaban J connectivity index is 1.90. The van der Waals surface area contributed by atoms with Crippen LogP contribution in [0.3, 0.4) is 0 Å². The molecule has 0 heterocycles. The number of hydrogen-bond acceptors (Lipinski definition) is 6. The average molecular weight is 344 g/mol. The number of hydrazone groups is 1. The zero-order valence-electron chi connectivity index (χ0n) is 14.3. The smallest absolute Gasteiger partial charge is 0.277 e. The van der Waals surface area contributed by atoms with Gasteiger partial charge in [0.05, 0.1) is 27.5 Å². The van der Waals surface area contributed by atoms with E-state index in [9.17, 15) is 4.79 Å². The van der Waals surface area contributed by atoms with Gasteiger partial charge in [-0.2, -0.15) is 5.10 Å². The molecule has 1 N–H and O–H groups in total. The molecule has 0 unspecified atom stereocenters. The zero-order valence-corrected chi connectivity index (χ0v) is 14.3. The van der Waals surface area contributed by atoms with Crippen LogP contribution in [-0.2, 0) is 4.79 Å². The lowest BCUT2D eigenvalue weighted by atomic mass is 10.2. The van der Waals surface area contributed by atoms with Crippen LogP contribution in [0, 0.1) is 0 Å². The quantitative estimate of drug-likeness (QED) is 0.587. The van der Waals surface area contributed by atoms with E-state index in [-0.39, 0.29) is 6.61 Å². The summed E-state index contributed by atoms with van der Waals surface area (Å²) in [6.07, 6.45) is 1.49. The Morgan fingerprint density at radius 2 is 1.72 bits per heavy atom. The maximum absolute atomic E-state index is 11.8. The first-order valence-electron chi connectivity index (χ1n) is 7.47. The predicted octanol–water partition coefficient (Wildman–Crippen LogP) is 2.24. The van der Waals surface area contributed by atoms with Crippen LogP contribution < -0.4 is 24.4 Å². The molecule has 0 aromatic heterocycles. The molecule has 2 rings (SSSR count). The highest BCUT2D eigenvalue weighted by atomic mass is 16.5. The minimum atomic E-state index is -0.394. The average Bonchev–Trinajstić information content (AvgIpc) is 2.66. The van der Waals surface area contributed by atoms with Crippen molar-refractivity contribution in [2.45, 2.75) is 0 Å². The first-order chi connectivity index (χ1) is 12.2. The minimum Gasteiger partial charge on any atom is -0.497 e. The molecule has 132 valence electrons. The number of hydrogen-bond donors (Lipinski definition) is 1. The third kappa shape index (κ3) is 5.13. The van der Waals surface area contributed by atoms with E-state index in [0.717, 1.165) is 0 Å². The van der Waals surface area contributed by atoms with Crippen molar-refractivity contribution in [1.82, 2.24) is 5.43 Å². The molecular formula is C18H20N2O5. The molecule has 0 saturated heterocycles. The van der Waals surface area contributed by atoms with E-state index in [4.69, 9.17) is 18.9 Å². The Kier molecular flexibility index (Phi) is 6.65. The van der Waals surface area contributed by atoms with E-state index in [1.54, 1.807) is 50.6 Å². The third-order valence-corrected chi connectivity index (χ3v) is 3.26. The van der Waals surface area contributed by atoms with Crippen LogP contribution in [0.5, 0.6) is 23.0 Å². The van der Waals surface area contributed by atoms with Crippen molar-refractivity contribution in [2.24, 2.45) is 5.10 Å². The van der Waals surface area contributed by atoms with Crippen LogP contribution >= 0.6 is 0 Å². The summed E-state index contributed by atoms with van der Waals surface area (Å²) in [5, 5.41) is 3.90. The number of methoxy groups -OCH3 is 3. The van der Waals surface area contributed by atoms with Crippen molar-refractivity contribution in [3.63, 3.8) is 0 Å². The van der Waals surface area contributed by atoms with Gasteiger partial charge in [-0.05, 0) is 24.3 Å². The molecule has 0 aliphatic heterocycles. The largest absolute Gasteiger partial charge is 0.497 e. The molecule has 1 amide bonds. The number of carbonyl (C=O) groups is 1. The van der Waals surface area contributed by atoms with E-state index in [2.05, 4.69) is 10.5 Å². The highest BCUT2D eigenvalue weighted by Crippen LogP contribution is 2.25. The van der Waals surface area contributed by atoms with Crippen molar-refractivity contribution in [3.8, 4) is 23.0 Å². The maximum Gasteiger partial charge on any atom is 0.277 e. The van der Waals surface area contributed by atoms with Gasteiger partial charge in [0.1, 0.15) is 11.5 Å². The monoisotopic (exact) mass is 344 g/mol. The van der Waals surface area contributed by atoms with Crippen molar-refractivity contribution >= 4 is 12.1 Å². The molecule has 0 aliphatic rings. The van der Waals surface area contributed by atoms with Crippen LogP contribution in [0.4, 0.5) is 0 Å². The molecule has 0 radical (unpaired) electrons. The topological polar surface area (TPSA) is 78.4 Å². The number of ether oxygens (including phenoxy) is 4. The van der Waals surface area contributed by atoms with Crippen LogP contribution in [0.15, 0.2) is 47.6 Å². The van der Waals surface area contributed by atoms with Gasteiger partial charge in [-0.15, -0.1) is 0 Å². The van der Waals surface area contributed by atoms with E-state index >= 15 is 0 Å².